The summed E-state index contributed by atoms with van der Waals surface area (Å²) in [6.07, 6.45) is -0.844. The average Bonchev–Trinajstić information content (AvgIpc) is 2.67. The minimum Gasteiger partial charge on any atom is -0.479 e. The summed E-state index contributed by atoms with van der Waals surface area (Å²) < 4.78 is 16.1. The lowest BCUT2D eigenvalue weighted by Gasteiger charge is -2.14. The number of carbonyl (C=O) groups excluding carboxylic acids is 1. The lowest BCUT2D eigenvalue weighted by Crippen LogP contribution is -2.26. The lowest BCUT2D eigenvalue weighted by molar-refractivity contribution is -0.152. The van der Waals surface area contributed by atoms with E-state index in [0.29, 0.717) is 22.5 Å². The van der Waals surface area contributed by atoms with Gasteiger partial charge >= 0.3 is 11.6 Å². The van der Waals surface area contributed by atoms with Crippen molar-refractivity contribution in [3.05, 3.63) is 75.1 Å². The number of hydrogen-bond donors (Lipinski definition) is 0. The maximum atomic E-state index is 12.3. The number of nitrogens with zero attached hydrogens (tertiary/aromatic N) is 1. The molecule has 0 aliphatic heterocycles. The highest BCUT2D eigenvalue weighted by molar-refractivity contribution is 5.82. The fraction of sp³-hybridized carbons (Fsp3) is 0.227. The monoisotopic (exact) mass is 377 g/mol. The molecule has 2 aromatic carbocycles. The molecule has 142 valence electrons. The molecular formula is C22H19NO5. The Kier molecular flexibility index (Phi) is 5.46. The van der Waals surface area contributed by atoms with E-state index in [0.717, 1.165) is 16.5 Å². The fourth-order valence-electron chi connectivity index (χ4n) is 2.73. The van der Waals surface area contributed by atoms with Crippen molar-refractivity contribution in [3.8, 4) is 11.8 Å². The zero-order valence-corrected chi connectivity index (χ0v) is 15.8. The van der Waals surface area contributed by atoms with Crippen molar-refractivity contribution in [2.45, 2.75) is 33.5 Å². The summed E-state index contributed by atoms with van der Waals surface area (Å²) in [5, 5.41) is 9.54. The molecule has 3 rings (SSSR count). The van der Waals surface area contributed by atoms with Crippen LogP contribution in [0.15, 0.2) is 51.7 Å². The van der Waals surface area contributed by atoms with Gasteiger partial charge in [0.05, 0.1) is 11.6 Å². The molecule has 0 spiro atoms. The van der Waals surface area contributed by atoms with E-state index < -0.39 is 17.7 Å². The summed E-state index contributed by atoms with van der Waals surface area (Å²) in [7, 11) is 0. The Morgan fingerprint density at radius 3 is 2.50 bits per heavy atom. The van der Waals surface area contributed by atoms with Crippen LogP contribution in [0.2, 0.25) is 0 Å². The second-order valence-electron chi connectivity index (χ2n) is 6.53. The molecule has 3 aromatic rings. The van der Waals surface area contributed by atoms with Crippen LogP contribution in [0, 0.1) is 25.2 Å². The van der Waals surface area contributed by atoms with Crippen LogP contribution in [-0.2, 0) is 16.1 Å². The smallest absolute Gasteiger partial charge is 0.347 e. The summed E-state index contributed by atoms with van der Waals surface area (Å²) in [4.78, 5) is 24.1. The Morgan fingerprint density at radius 1 is 1.14 bits per heavy atom. The summed E-state index contributed by atoms with van der Waals surface area (Å²) >= 11 is 0. The third-order valence-electron chi connectivity index (χ3n) is 4.44. The van der Waals surface area contributed by atoms with E-state index >= 15 is 0 Å². The minimum atomic E-state index is -0.844. The van der Waals surface area contributed by atoms with Gasteiger partial charge in [-0.2, -0.15) is 5.26 Å². The quantitative estimate of drug-likeness (QED) is 0.496. The Morgan fingerprint density at radius 2 is 1.82 bits per heavy atom. The van der Waals surface area contributed by atoms with Crippen LogP contribution in [0.4, 0.5) is 0 Å². The van der Waals surface area contributed by atoms with Gasteiger partial charge in [0.2, 0.25) is 0 Å². The van der Waals surface area contributed by atoms with E-state index in [4.69, 9.17) is 19.2 Å². The molecule has 0 radical (unpaired) electrons. The van der Waals surface area contributed by atoms with E-state index in [-0.39, 0.29) is 6.61 Å². The molecule has 0 unspecified atom stereocenters. The van der Waals surface area contributed by atoms with Crippen LogP contribution in [0.5, 0.6) is 5.75 Å². The van der Waals surface area contributed by atoms with E-state index in [9.17, 15) is 9.59 Å². The fourth-order valence-corrected chi connectivity index (χ4v) is 2.73. The Balaban J connectivity index is 1.72. The SMILES string of the molecule is Cc1cc2oc(=O)cc(COC(=O)[C@@H](C)Oc3ccc(C#N)cc3)c2cc1C. The lowest BCUT2D eigenvalue weighted by atomic mass is 10.0. The Labute approximate surface area is 161 Å². The highest BCUT2D eigenvalue weighted by Crippen LogP contribution is 2.22. The zero-order valence-electron chi connectivity index (χ0n) is 15.8. The number of rotatable bonds is 5. The molecule has 0 saturated carbocycles. The first-order valence-electron chi connectivity index (χ1n) is 8.75. The van der Waals surface area contributed by atoms with Crippen LogP contribution >= 0.6 is 0 Å². The number of benzene rings is 2. The van der Waals surface area contributed by atoms with Crippen molar-refractivity contribution in [1.29, 1.82) is 5.26 Å². The molecule has 0 amide bonds. The molecule has 28 heavy (non-hydrogen) atoms. The van der Waals surface area contributed by atoms with Crippen LogP contribution in [0.25, 0.3) is 11.0 Å². The van der Waals surface area contributed by atoms with Gasteiger partial charge in [-0.15, -0.1) is 0 Å². The largest absolute Gasteiger partial charge is 0.479 e. The molecule has 0 N–H and O–H groups in total. The number of esters is 1. The number of aryl methyl sites for hydroxylation is 2. The first-order valence-corrected chi connectivity index (χ1v) is 8.75. The van der Waals surface area contributed by atoms with Crippen molar-refractivity contribution in [2.24, 2.45) is 0 Å². The maximum absolute atomic E-state index is 12.3. The van der Waals surface area contributed by atoms with Gasteiger partial charge in [0.15, 0.2) is 6.10 Å². The molecule has 0 aliphatic carbocycles. The van der Waals surface area contributed by atoms with Gasteiger partial charge in [0, 0.05) is 17.0 Å². The van der Waals surface area contributed by atoms with Gasteiger partial charge < -0.3 is 13.9 Å². The second kappa shape index (κ2) is 7.97. The normalized spacial score (nSPS) is 11.6. The van der Waals surface area contributed by atoms with E-state index in [1.54, 1.807) is 37.3 Å². The van der Waals surface area contributed by atoms with Crippen molar-refractivity contribution >= 4 is 16.9 Å². The zero-order chi connectivity index (χ0) is 20.3. The van der Waals surface area contributed by atoms with Crippen molar-refractivity contribution in [2.75, 3.05) is 0 Å². The first-order chi connectivity index (χ1) is 13.4. The van der Waals surface area contributed by atoms with Crippen LogP contribution in [0.3, 0.4) is 0 Å². The molecule has 1 heterocycles. The molecule has 0 fully saturated rings. The Bertz CT molecular complexity index is 1120. The molecule has 1 atom stereocenters. The van der Waals surface area contributed by atoms with Gasteiger partial charge in [-0.25, -0.2) is 9.59 Å². The highest BCUT2D eigenvalue weighted by atomic mass is 16.6. The molecule has 6 nitrogen and oxygen atoms in total. The average molecular weight is 377 g/mol. The molecule has 0 bridgehead atoms. The third-order valence-corrected chi connectivity index (χ3v) is 4.44. The van der Waals surface area contributed by atoms with Crippen LogP contribution < -0.4 is 10.4 Å². The summed E-state index contributed by atoms with van der Waals surface area (Å²) in [6, 6.07) is 13.5. The maximum Gasteiger partial charge on any atom is 0.347 e. The van der Waals surface area contributed by atoms with Gasteiger partial charge in [0.25, 0.3) is 0 Å². The number of carbonyl (C=O) groups is 1. The third kappa shape index (κ3) is 4.21. The molecule has 0 saturated heterocycles. The summed E-state index contributed by atoms with van der Waals surface area (Å²) in [6.45, 7) is 5.41. The van der Waals surface area contributed by atoms with Crippen molar-refractivity contribution in [1.82, 2.24) is 0 Å². The molecule has 1 aromatic heterocycles. The number of fused-ring (bicyclic) bond motifs is 1. The topological polar surface area (TPSA) is 89.5 Å². The van der Waals surface area contributed by atoms with E-state index in [1.807, 2.05) is 26.0 Å². The minimum absolute atomic E-state index is 0.0650. The number of ether oxygens (including phenoxy) is 2. The van der Waals surface area contributed by atoms with Gasteiger partial charge in [-0.1, -0.05) is 0 Å². The standard InChI is InChI=1S/C22H19NO5/c1-13-8-19-17(10-21(24)28-20(19)9-14(13)2)12-26-22(25)15(3)27-18-6-4-16(11-23)5-7-18/h4-10,15H,12H2,1-3H3/t15-/m1/s1. The molecular weight excluding hydrogens is 358 g/mol. The number of nitriles is 1. The predicted octanol–water partition coefficient (Wildman–Crippen LogP) is 3.79. The first kappa shape index (κ1) is 19.2. The van der Waals surface area contributed by atoms with E-state index in [2.05, 4.69) is 0 Å². The summed E-state index contributed by atoms with van der Waals surface area (Å²) in [5.74, 6) is -0.102. The summed E-state index contributed by atoms with van der Waals surface area (Å²) in [5.41, 5.74) is 3.10. The second-order valence-corrected chi connectivity index (χ2v) is 6.53. The number of hydrogen-bond acceptors (Lipinski definition) is 6. The molecule has 0 aliphatic rings. The Hall–Kier alpha value is -3.59. The van der Waals surface area contributed by atoms with Crippen LogP contribution in [0.1, 0.15) is 29.2 Å². The molecule has 6 heteroatoms. The predicted molar refractivity (Wildman–Crippen MR) is 103 cm³/mol. The van der Waals surface area contributed by atoms with E-state index in [1.165, 1.54) is 6.07 Å². The highest BCUT2D eigenvalue weighted by Gasteiger charge is 2.18. The van der Waals surface area contributed by atoms with Crippen molar-refractivity contribution < 1.29 is 18.7 Å². The van der Waals surface area contributed by atoms with Gasteiger partial charge in [-0.3, -0.25) is 0 Å². The van der Waals surface area contributed by atoms with Gasteiger partial charge in [0.1, 0.15) is 17.9 Å². The van der Waals surface area contributed by atoms with Crippen LogP contribution in [-0.4, -0.2) is 12.1 Å². The van der Waals surface area contributed by atoms with Gasteiger partial charge in [-0.05, 0) is 68.3 Å². The van der Waals surface area contributed by atoms with Crippen molar-refractivity contribution in [3.63, 3.8) is 0 Å².